The van der Waals surface area contributed by atoms with E-state index in [0.29, 0.717) is 5.56 Å². The topological polar surface area (TPSA) is 51.7 Å². The van der Waals surface area contributed by atoms with E-state index in [1.54, 1.807) is 30.3 Å². The van der Waals surface area contributed by atoms with E-state index in [9.17, 15) is 4.79 Å². The van der Waals surface area contributed by atoms with Crippen molar-refractivity contribution >= 4 is 11.9 Å². The maximum Gasteiger partial charge on any atom is 0.184 e. The average molecular weight is 145 g/mol. The molecule has 0 atom stereocenters. The van der Waals surface area contributed by atoms with E-state index in [2.05, 4.69) is 4.99 Å². The predicted octanol–water partition coefficient (Wildman–Crippen LogP) is 1.57. The van der Waals surface area contributed by atoms with Crippen LogP contribution in [0.4, 0.5) is 0 Å². The third-order valence-corrected chi connectivity index (χ3v) is 1.17. The van der Waals surface area contributed by atoms with Crippen molar-refractivity contribution in [2.24, 2.45) is 4.99 Å². The zero-order chi connectivity index (χ0) is 8.10. The normalized spacial score (nSPS) is 8.36. The first-order chi connectivity index (χ1) is 5.34. The van der Waals surface area contributed by atoms with Gasteiger partial charge in [0.15, 0.2) is 5.91 Å². The Morgan fingerprint density at radius 3 is 2.55 bits per heavy atom. The van der Waals surface area contributed by atoms with Crippen molar-refractivity contribution in [3.63, 3.8) is 0 Å². The SMILES string of the molecule is [N-]=C=NC(=O)c1ccccc1. The van der Waals surface area contributed by atoms with Gasteiger partial charge < -0.3 is 10.4 Å². The van der Waals surface area contributed by atoms with Crippen molar-refractivity contribution in [3.8, 4) is 0 Å². The first-order valence-electron chi connectivity index (χ1n) is 3.04. The van der Waals surface area contributed by atoms with Gasteiger partial charge in [0.2, 0.25) is 0 Å². The van der Waals surface area contributed by atoms with Crippen molar-refractivity contribution in [1.82, 2.24) is 0 Å². The molecule has 0 aliphatic heterocycles. The monoisotopic (exact) mass is 145 g/mol. The van der Waals surface area contributed by atoms with Crippen LogP contribution in [0.5, 0.6) is 0 Å². The number of rotatable bonds is 1. The summed E-state index contributed by atoms with van der Waals surface area (Å²) in [6.07, 6.45) is 0. The lowest BCUT2D eigenvalue weighted by molar-refractivity contribution is 0.100. The highest BCUT2D eigenvalue weighted by atomic mass is 16.1. The summed E-state index contributed by atoms with van der Waals surface area (Å²) in [7, 11) is 0. The van der Waals surface area contributed by atoms with E-state index in [0.717, 1.165) is 0 Å². The van der Waals surface area contributed by atoms with Gasteiger partial charge in [-0.2, -0.15) is 0 Å². The quantitative estimate of drug-likeness (QED) is 0.553. The van der Waals surface area contributed by atoms with Crippen LogP contribution >= 0.6 is 0 Å². The second-order valence-corrected chi connectivity index (χ2v) is 1.88. The minimum atomic E-state index is -0.493. The Hall–Kier alpha value is -1.73. The lowest BCUT2D eigenvalue weighted by atomic mass is 10.2. The van der Waals surface area contributed by atoms with Gasteiger partial charge in [-0.3, -0.25) is 4.79 Å². The second kappa shape index (κ2) is 3.44. The highest BCUT2D eigenvalue weighted by molar-refractivity contribution is 5.97. The second-order valence-electron chi connectivity index (χ2n) is 1.88. The first-order valence-corrected chi connectivity index (χ1v) is 3.04. The number of hydrogen-bond acceptors (Lipinski definition) is 1. The minimum absolute atomic E-state index is 0.439. The number of nitrogens with zero attached hydrogens (tertiary/aromatic N) is 2. The van der Waals surface area contributed by atoms with Crippen LogP contribution in [0.15, 0.2) is 35.3 Å². The van der Waals surface area contributed by atoms with Gasteiger partial charge in [0, 0.05) is 5.56 Å². The summed E-state index contributed by atoms with van der Waals surface area (Å²) in [5, 5.41) is 8.06. The molecule has 1 amide bonds. The van der Waals surface area contributed by atoms with Crippen molar-refractivity contribution in [2.45, 2.75) is 0 Å². The lowest BCUT2D eigenvalue weighted by Crippen LogP contribution is -1.91. The van der Waals surface area contributed by atoms with Gasteiger partial charge in [-0.15, -0.1) is 6.01 Å². The van der Waals surface area contributed by atoms with Crippen LogP contribution in [-0.4, -0.2) is 11.9 Å². The molecule has 3 nitrogen and oxygen atoms in total. The van der Waals surface area contributed by atoms with Gasteiger partial charge in [0.25, 0.3) is 0 Å². The predicted molar refractivity (Wildman–Crippen MR) is 41.6 cm³/mol. The molecule has 0 heterocycles. The zero-order valence-electron chi connectivity index (χ0n) is 5.69. The van der Waals surface area contributed by atoms with Gasteiger partial charge in [-0.25, -0.2) is 0 Å². The highest BCUT2D eigenvalue weighted by Crippen LogP contribution is 1.99. The maximum absolute atomic E-state index is 10.9. The zero-order valence-corrected chi connectivity index (χ0v) is 5.69. The summed E-state index contributed by atoms with van der Waals surface area (Å²) in [4.78, 5) is 13.9. The summed E-state index contributed by atoms with van der Waals surface area (Å²) in [6, 6.07) is 9.91. The maximum atomic E-state index is 10.9. The van der Waals surface area contributed by atoms with Crippen LogP contribution < -0.4 is 0 Å². The molecule has 3 heteroatoms. The van der Waals surface area contributed by atoms with E-state index < -0.39 is 5.91 Å². The van der Waals surface area contributed by atoms with Gasteiger partial charge >= 0.3 is 0 Å². The summed E-state index contributed by atoms with van der Waals surface area (Å²) < 4.78 is 0. The third kappa shape index (κ3) is 1.85. The molecule has 1 aromatic rings. The van der Waals surface area contributed by atoms with Crippen LogP contribution in [0.1, 0.15) is 10.4 Å². The molecule has 0 radical (unpaired) electrons. The van der Waals surface area contributed by atoms with Crippen molar-refractivity contribution in [3.05, 3.63) is 41.3 Å². The van der Waals surface area contributed by atoms with E-state index in [1.807, 2.05) is 0 Å². The molecule has 0 fully saturated rings. The molecule has 0 aliphatic carbocycles. The molecule has 0 aromatic heterocycles. The molecule has 0 unspecified atom stereocenters. The van der Waals surface area contributed by atoms with Crippen molar-refractivity contribution in [1.29, 1.82) is 0 Å². The Morgan fingerprint density at radius 2 is 2.00 bits per heavy atom. The number of benzene rings is 1. The molecule has 0 saturated carbocycles. The highest BCUT2D eigenvalue weighted by Gasteiger charge is 1.92. The summed E-state index contributed by atoms with van der Waals surface area (Å²) in [6.45, 7) is 0. The van der Waals surface area contributed by atoms with Crippen LogP contribution in [-0.2, 0) is 0 Å². The van der Waals surface area contributed by atoms with Gasteiger partial charge in [0.05, 0.1) is 0 Å². The fourth-order valence-electron chi connectivity index (χ4n) is 0.691. The Morgan fingerprint density at radius 1 is 1.36 bits per heavy atom. The molecule has 0 aliphatic rings. The molecule has 1 rings (SSSR count). The first kappa shape index (κ1) is 7.38. The molecule has 0 N–H and O–H groups in total. The van der Waals surface area contributed by atoms with Crippen LogP contribution in [0, 0.1) is 0 Å². The summed E-state index contributed by atoms with van der Waals surface area (Å²) in [5.41, 5.74) is 0.439. The molecule has 0 spiro atoms. The fourth-order valence-corrected chi connectivity index (χ4v) is 0.691. The molecular weight excluding hydrogens is 140 g/mol. The molecular formula is C8H5N2O-. The Labute approximate surface area is 63.9 Å². The van der Waals surface area contributed by atoms with Crippen LogP contribution in [0.2, 0.25) is 0 Å². The van der Waals surface area contributed by atoms with E-state index >= 15 is 0 Å². The third-order valence-electron chi connectivity index (χ3n) is 1.17. The summed E-state index contributed by atoms with van der Waals surface area (Å²) in [5.74, 6) is -0.493. The molecule has 54 valence electrons. The number of hydrogen-bond donors (Lipinski definition) is 0. The Bertz CT molecular complexity index is 299. The Balaban J connectivity index is 2.94. The van der Waals surface area contributed by atoms with E-state index in [1.165, 1.54) is 6.01 Å². The van der Waals surface area contributed by atoms with Crippen molar-refractivity contribution in [2.75, 3.05) is 0 Å². The molecule has 11 heavy (non-hydrogen) atoms. The minimum Gasteiger partial charge on any atom is -0.422 e. The number of carbonyl (C=O) groups is 1. The van der Waals surface area contributed by atoms with Crippen molar-refractivity contribution < 1.29 is 4.79 Å². The standard InChI is InChI=1S/C8H5N2O/c9-6-10-8(11)7-4-2-1-3-5-7/h1-5H/q-1. The molecule has 1 aromatic carbocycles. The van der Waals surface area contributed by atoms with E-state index in [4.69, 9.17) is 5.41 Å². The van der Waals surface area contributed by atoms with E-state index in [-0.39, 0.29) is 0 Å². The van der Waals surface area contributed by atoms with Crippen LogP contribution in [0.3, 0.4) is 0 Å². The lowest BCUT2D eigenvalue weighted by Gasteiger charge is -1.95. The average Bonchev–Trinajstić information content (AvgIpc) is 2.07. The summed E-state index contributed by atoms with van der Waals surface area (Å²) >= 11 is 0. The molecule has 0 saturated heterocycles. The van der Waals surface area contributed by atoms with Gasteiger partial charge in [-0.1, -0.05) is 30.3 Å². The van der Waals surface area contributed by atoms with Gasteiger partial charge in [-0.05, 0) is 0 Å². The molecule has 0 bridgehead atoms. The number of aliphatic imine (C=N–C) groups is 1. The smallest absolute Gasteiger partial charge is 0.184 e. The van der Waals surface area contributed by atoms with Crippen LogP contribution in [0.25, 0.3) is 5.41 Å². The fraction of sp³-hybridized carbons (Fsp3) is 0. The number of amides is 1. The largest absolute Gasteiger partial charge is 0.422 e. The number of carbonyl (C=O) groups excluding carboxylic acids is 1. The Kier molecular flexibility index (Phi) is 2.31. The van der Waals surface area contributed by atoms with Gasteiger partial charge in [0.1, 0.15) is 0 Å².